The van der Waals surface area contributed by atoms with Crippen molar-refractivity contribution in [3.05, 3.63) is 42.1 Å². The maximum atomic E-state index is 13.9. The third kappa shape index (κ3) is 4.88. The SMILES string of the molecule is CC(=O)N[C@H]1CC[C@H](NC(=O)c2c[nH]c3c(-c4ccc(F)cc4OCC4CC4)ncnc23)CC1. The molecule has 2 amide bonds. The molecule has 3 N–H and O–H groups in total. The van der Waals surface area contributed by atoms with E-state index in [0.717, 1.165) is 38.5 Å². The molecule has 8 nitrogen and oxygen atoms in total. The first-order chi connectivity index (χ1) is 16.5. The normalized spacial score (nSPS) is 20.2. The molecule has 0 atom stereocenters. The monoisotopic (exact) mass is 465 g/mol. The number of aromatic nitrogens is 3. The lowest BCUT2D eigenvalue weighted by atomic mass is 9.91. The molecule has 178 valence electrons. The number of carbonyl (C=O) groups excluding carboxylic acids is 2. The fourth-order valence-electron chi connectivity index (χ4n) is 4.55. The first-order valence-corrected chi connectivity index (χ1v) is 11.8. The van der Waals surface area contributed by atoms with Crippen molar-refractivity contribution in [3.8, 4) is 17.0 Å². The van der Waals surface area contributed by atoms with Gasteiger partial charge in [0.15, 0.2) is 0 Å². The van der Waals surface area contributed by atoms with E-state index >= 15 is 0 Å². The molecular formula is C25H28FN5O3. The topological polar surface area (TPSA) is 109 Å². The minimum absolute atomic E-state index is 0.0241. The van der Waals surface area contributed by atoms with Crippen LogP contribution in [0.1, 0.15) is 55.8 Å². The quantitative estimate of drug-likeness (QED) is 0.493. The van der Waals surface area contributed by atoms with Crippen molar-refractivity contribution in [1.29, 1.82) is 0 Å². The van der Waals surface area contributed by atoms with Gasteiger partial charge in [-0.15, -0.1) is 0 Å². The van der Waals surface area contributed by atoms with Crippen LogP contribution in [-0.4, -0.2) is 45.5 Å². The zero-order valence-electron chi connectivity index (χ0n) is 19.1. The van der Waals surface area contributed by atoms with Gasteiger partial charge in [0.25, 0.3) is 5.91 Å². The summed E-state index contributed by atoms with van der Waals surface area (Å²) in [6, 6.07) is 4.61. The molecule has 0 spiro atoms. The summed E-state index contributed by atoms with van der Waals surface area (Å²) < 4.78 is 19.9. The number of amides is 2. The lowest BCUT2D eigenvalue weighted by molar-refractivity contribution is -0.119. The van der Waals surface area contributed by atoms with Gasteiger partial charge in [-0.25, -0.2) is 14.4 Å². The first kappa shape index (κ1) is 22.3. The van der Waals surface area contributed by atoms with Crippen molar-refractivity contribution in [2.75, 3.05) is 6.61 Å². The van der Waals surface area contributed by atoms with E-state index in [0.29, 0.717) is 46.1 Å². The van der Waals surface area contributed by atoms with Gasteiger partial charge in [0.05, 0.1) is 17.7 Å². The summed E-state index contributed by atoms with van der Waals surface area (Å²) in [7, 11) is 0. The molecule has 2 aliphatic rings. The predicted octanol–water partition coefficient (Wildman–Crippen LogP) is 3.73. The van der Waals surface area contributed by atoms with Crippen molar-refractivity contribution in [2.24, 2.45) is 5.92 Å². The van der Waals surface area contributed by atoms with Crippen LogP contribution in [0.2, 0.25) is 0 Å². The van der Waals surface area contributed by atoms with Gasteiger partial charge in [0.2, 0.25) is 5.91 Å². The van der Waals surface area contributed by atoms with E-state index < -0.39 is 0 Å². The Hall–Kier alpha value is -3.49. The molecule has 0 unspecified atom stereocenters. The minimum atomic E-state index is -0.375. The van der Waals surface area contributed by atoms with Crippen LogP contribution in [0.15, 0.2) is 30.7 Å². The first-order valence-electron chi connectivity index (χ1n) is 11.8. The molecular weight excluding hydrogens is 437 g/mol. The van der Waals surface area contributed by atoms with Gasteiger partial charge in [-0.2, -0.15) is 0 Å². The number of hydrogen-bond donors (Lipinski definition) is 3. The number of nitrogens with one attached hydrogen (secondary N) is 3. The van der Waals surface area contributed by atoms with E-state index in [-0.39, 0.29) is 29.7 Å². The van der Waals surface area contributed by atoms with Gasteiger partial charge in [0.1, 0.15) is 29.1 Å². The van der Waals surface area contributed by atoms with Gasteiger partial charge in [-0.3, -0.25) is 9.59 Å². The van der Waals surface area contributed by atoms with Gasteiger partial charge in [0, 0.05) is 36.8 Å². The molecule has 3 aromatic rings. The van der Waals surface area contributed by atoms with Gasteiger partial charge < -0.3 is 20.4 Å². The number of aromatic amines is 1. The summed E-state index contributed by atoms with van der Waals surface area (Å²) in [6.07, 6.45) is 8.58. The van der Waals surface area contributed by atoms with Crippen molar-refractivity contribution in [1.82, 2.24) is 25.6 Å². The average Bonchev–Trinajstić information content (AvgIpc) is 3.54. The number of hydrogen-bond acceptors (Lipinski definition) is 5. The second kappa shape index (κ2) is 9.40. The number of rotatable bonds is 7. The molecule has 0 saturated heterocycles. The third-order valence-corrected chi connectivity index (χ3v) is 6.55. The van der Waals surface area contributed by atoms with Crippen molar-refractivity contribution in [3.63, 3.8) is 0 Å². The highest BCUT2D eigenvalue weighted by atomic mass is 19.1. The second-order valence-corrected chi connectivity index (χ2v) is 9.27. The number of halogens is 1. The molecule has 0 radical (unpaired) electrons. The highest BCUT2D eigenvalue weighted by Gasteiger charge is 2.26. The zero-order chi connectivity index (χ0) is 23.7. The van der Waals surface area contributed by atoms with Crippen LogP contribution >= 0.6 is 0 Å². The Balaban J connectivity index is 1.35. The average molecular weight is 466 g/mol. The van der Waals surface area contributed by atoms with Crippen LogP contribution in [0.5, 0.6) is 5.75 Å². The Morgan fingerprint density at radius 2 is 1.82 bits per heavy atom. The van der Waals surface area contributed by atoms with Crippen molar-refractivity contribution < 1.29 is 18.7 Å². The van der Waals surface area contributed by atoms with Crippen LogP contribution < -0.4 is 15.4 Å². The fourth-order valence-corrected chi connectivity index (χ4v) is 4.55. The highest BCUT2D eigenvalue weighted by Crippen LogP contribution is 2.36. The molecule has 1 aromatic carbocycles. The summed E-state index contributed by atoms with van der Waals surface area (Å²) in [5, 5.41) is 6.05. The number of benzene rings is 1. The zero-order valence-corrected chi connectivity index (χ0v) is 19.1. The second-order valence-electron chi connectivity index (χ2n) is 9.27. The Kier molecular flexibility index (Phi) is 6.17. The molecule has 2 aliphatic carbocycles. The molecule has 0 bridgehead atoms. The van der Waals surface area contributed by atoms with Gasteiger partial charge in [-0.1, -0.05) is 0 Å². The van der Waals surface area contributed by atoms with Gasteiger partial charge in [-0.05, 0) is 56.6 Å². The van der Waals surface area contributed by atoms with Crippen LogP contribution in [0, 0.1) is 11.7 Å². The summed E-state index contributed by atoms with van der Waals surface area (Å²) in [4.78, 5) is 36.2. The smallest absolute Gasteiger partial charge is 0.255 e. The summed E-state index contributed by atoms with van der Waals surface area (Å²) in [5.74, 6) is 0.353. The Morgan fingerprint density at radius 1 is 1.09 bits per heavy atom. The Bertz CT molecular complexity index is 1210. The maximum Gasteiger partial charge on any atom is 0.255 e. The Labute approximate surface area is 196 Å². The third-order valence-electron chi connectivity index (χ3n) is 6.55. The van der Waals surface area contributed by atoms with Crippen molar-refractivity contribution in [2.45, 2.75) is 57.5 Å². The van der Waals surface area contributed by atoms with E-state index in [2.05, 4.69) is 25.6 Å². The molecule has 9 heteroatoms. The van der Waals surface area contributed by atoms with Crippen LogP contribution in [0.4, 0.5) is 4.39 Å². The molecule has 0 aliphatic heterocycles. The number of carbonyl (C=O) groups is 2. The van der Waals surface area contributed by atoms with E-state index in [9.17, 15) is 14.0 Å². The minimum Gasteiger partial charge on any atom is -0.492 e. The summed E-state index contributed by atoms with van der Waals surface area (Å²) in [6.45, 7) is 2.07. The molecule has 2 aromatic heterocycles. The van der Waals surface area contributed by atoms with Gasteiger partial charge >= 0.3 is 0 Å². The number of fused-ring (bicyclic) bond motifs is 1. The molecule has 2 saturated carbocycles. The van der Waals surface area contributed by atoms with Crippen LogP contribution in [0.25, 0.3) is 22.3 Å². The lowest BCUT2D eigenvalue weighted by Crippen LogP contribution is -2.43. The predicted molar refractivity (Wildman–Crippen MR) is 125 cm³/mol. The van der Waals surface area contributed by atoms with Crippen molar-refractivity contribution >= 4 is 22.8 Å². The molecule has 2 fully saturated rings. The van der Waals surface area contributed by atoms with Crippen LogP contribution in [-0.2, 0) is 4.79 Å². The van der Waals surface area contributed by atoms with E-state index in [1.165, 1.54) is 25.4 Å². The summed E-state index contributed by atoms with van der Waals surface area (Å²) in [5.41, 5.74) is 2.76. The molecule has 5 rings (SSSR count). The molecule has 34 heavy (non-hydrogen) atoms. The largest absolute Gasteiger partial charge is 0.492 e. The highest BCUT2D eigenvalue weighted by molar-refractivity contribution is 6.07. The maximum absolute atomic E-state index is 13.9. The van der Waals surface area contributed by atoms with E-state index in [1.807, 2.05) is 0 Å². The number of nitrogens with zero attached hydrogens (tertiary/aromatic N) is 2. The lowest BCUT2D eigenvalue weighted by Gasteiger charge is -2.29. The van der Waals surface area contributed by atoms with E-state index in [4.69, 9.17) is 4.74 Å². The molecule has 2 heterocycles. The van der Waals surface area contributed by atoms with E-state index in [1.54, 1.807) is 12.3 Å². The standard InChI is InChI=1S/C25H28FN5O3/c1-14(32)30-17-5-7-18(8-6-17)31-25(33)20-11-27-24-22(28-13-29-23(20)24)19-9-4-16(26)10-21(19)34-12-15-2-3-15/h4,9-11,13,15,17-18,27H,2-3,5-8,12H2,1H3,(H,30,32)(H,31,33)/t17-,18-. The number of H-pyrrole nitrogens is 1. The Morgan fingerprint density at radius 3 is 2.53 bits per heavy atom. The fraction of sp³-hybridized carbons (Fsp3) is 0.440. The van der Waals surface area contributed by atoms with Crippen LogP contribution in [0.3, 0.4) is 0 Å². The number of ether oxygens (including phenoxy) is 1. The summed E-state index contributed by atoms with van der Waals surface area (Å²) >= 11 is 0.